The maximum Gasteiger partial charge on any atom is 0.331 e. The zero-order valence-electron chi connectivity index (χ0n) is 14.4. The van der Waals surface area contributed by atoms with Crippen LogP contribution in [0, 0.1) is 11.6 Å². The van der Waals surface area contributed by atoms with Gasteiger partial charge in [-0.3, -0.25) is 4.79 Å². The van der Waals surface area contributed by atoms with Crippen LogP contribution in [0.1, 0.15) is 16.8 Å². The SMILES string of the molecule is COc1ccc(-c2ccc(C(=O)NC3(C(=O)O)CCOC3)c(F)c2)c(F)c1. The second kappa shape index (κ2) is 7.32. The van der Waals surface area contributed by atoms with Gasteiger partial charge in [0.05, 0.1) is 19.3 Å². The number of amides is 1. The fourth-order valence-corrected chi connectivity index (χ4v) is 2.89. The average molecular weight is 377 g/mol. The molecule has 1 atom stereocenters. The third kappa shape index (κ3) is 3.61. The number of halogens is 2. The van der Waals surface area contributed by atoms with E-state index in [-0.39, 0.29) is 36.3 Å². The lowest BCUT2D eigenvalue weighted by Crippen LogP contribution is -2.55. The van der Waals surface area contributed by atoms with Crippen LogP contribution in [-0.4, -0.2) is 42.8 Å². The molecule has 2 aromatic carbocycles. The van der Waals surface area contributed by atoms with Crippen molar-refractivity contribution in [1.82, 2.24) is 5.32 Å². The van der Waals surface area contributed by atoms with Crippen molar-refractivity contribution in [3.8, 4) is 16.9 Å². The first-order valence-electron chi connectivity index (χ1n) is 8.13. The number of carbonyl (C=O) groups is 2. The molecular weight excluding hydrogens is 360 g/mol. The summed E-state index contributed by atoms with van der Waals surface area (Å²) in [6, 6.07) is 7.76. The maximum atomic E-state index is 14.5. The van der Waals surface area contributed by atoms with Crippen molar-refractivity contribution in [2.75, 3.05) is 20.3 Å². The largest absolute Gasteiger partial charge is 0.497 e. The van der Waals surface area contributed by atoms with Crippen molar-refractivity contribution in [2.45, 2.75) is 12.0 Å². The van der Waals surface area contributed by atoms with Crippen molar-refractivity contribution >= 4 is 11.9 Å². The van der Waals surface area contributed by atoms with Gasteiger partial charge in [0.2, 0.25) is 0 Å². The highest BCUT2D eigenvalue weighted by atomic mass is 19.1. The number of carbonyl (C=O) groups excluding carboxylic acids is 1. The van der Waals surface area contributed by atoms with Gasteiger partial charge < -0.3 is 19.9 Å². The summed E-state index contributed by atoms with van der Waals surface area (Å²) in [4.78, 5) is 23.8. The van der Waals surface area contributed by atoms with Gasteiger partial charge in [-0.05, 0) is 29.8 Å². The molecule has 8 heteroatoms. The van der Waals surface area contributed by atoms with Crippen molar-refractivity contribution in [1.29, 1.82) is 0 Å². The molecule has 1 aliphatic heterocycles. The second-order valence-corrected chi connectivity index (χ2v) is 6.18. The van der Waals surface area contributed by atoms with E-state index in [4.69, 9.17) is 9.47 Å². The summed E-state index contributed by atoms with van der Waals surface area (Å²) in [6.07, 6.45) is 0.0881. The van der Waals surface area contributed by atoms with E-state index in [9.17, 15) is 23.5 Å². The molecule has 27 heavy (non-hydrogen) atoms. The molecule has 1 aliphatic rings. The minimum atomic E-state index is -1.58. The van der Waals surface area contributed by atoms with Gasteiger partial charge in [-0.2, -0.15) is 0 Å². The predicted molar refractivity (Wildman–Crippen MR) is 91.6 cm³/mol. The van der Waals surface area contributed by atoms with Gasteiger partial charge in [0.15, 0.2) is 5.54 Å². The number of hydrogen-bond acceptors (Lipinski definition) is 4. The van der Waals surface area contributed by atoms with Crippen LogP contribution >= 0.6 is 0 Å². The van der Waals surface area contributed by atoms with E-state index in [1.54, 1.807) is 0 Å². The predicted octanol–water partition coefficient (Wildman–Crippen LogP) is 2.61. The standard InChI is InChI=1S/C19H17F2NO5/c1-26-12-3-5-13(16(21)9-12)11-2-4-14(15(20)8-11)17(23)22-19(18(24)25)6-7-27-10-19/h2-5,8-9H,6-7,10H2,1H3,(H,22,23)(H,24,25). The van der Waals surface area contributed by atoms with E-state index in [1.165, 1.54) is 37.4 Å². The molecule has 0 spiro atoms. The number of carboxylic acid groups (broad SMARTS) is 1. The fourth-order valence-electron chi connectivity index (χ4n) is 2.89. The maximum absolute atomic E-state index is 14.5. The molecule has 0 aromatic heterocycles. The Hall–Kier alpha value is -3.00. The molecule has 2 aromatic rings. The average Bonchev–Trinajstić information content (AvgIpc) is 3.11. The minimum Gasteiger partial charge on any atom is -0.497 e. The number of nitrogens with one attached hydrogen (secondary N) is 1. The highest BCUT2D eigenvalue weighted by Gasteiger charge is 2.44. The number of ether oxygens (including phenoxy) is 2. The molecule has 6 nitrogen and oxygen atoms in total. The lowest BCUT2D eigenvalue weighted by Gasteiger charge is -2.23. The second-order valence-electron chi connectivity index (χ2n) is 6.18. The first-order chi connectivity index (χ1) is 12.9. The van der Waals surface area contributed by atoms with Crippen LogP contribution in [0.3, 0.4) is 0 Å². The summed E-state index contributed by atoms with van der Waals surface area (Å²) in [7, 11) is 1.40. The van der Waals surface area contributed by atoms with Gasteiger partial charge in [-0.1, -0.05) is 6.07 Å². The van der Waals surface area contributed by atoms with Crippen molar-refractivity contribution in [3.63, 3.8) is 0 Å². The Kier molecular flexibility index (Phi) is 5.09. The number of carboxylic acids is 1. The molecule has 2 N–H and O–H groups in total. The zero-order valence-corrected chi connectivity index (χ0v) is 14.4. The quantitative estimate of drug-likeness (QED) is 0.837. The highest BCUT2D eigenvalue weighted by molar-refractivity contribution is 5.98. The van der Waals surface area contributed by atoms with E-state index in [0.29, 0.717) is 5.75 Å². The van der Waals surface area contributed by atoms with Crippen molar-refractivity contribution in [2.24, 2.45) is 0 Å². The van der Waals surface area contributed by atoms with Crippen LogP contribution in [0.4, 0.5) is 8.78 Å². The number of aliphatic carboxylic acids is 1. The highest BCUT2D eigenvalue weighted by Crippen LogP contribution is 2.28. The molecule has 0 bridgehead atoms. The van der Waals surface area contributed by atoms with Gasteiger partial charge >= 0.3 is 5.97 Å². The number of benzene rings is 2. The number of hydrogen-bond donors (Lipinski definition) is 2. The van der Waals surface area contributed by atoms with Crippen molar-refractivity contribution < 1.29 is 33.0 Å². The van der Waals surface area contributed by atoms with Crippen LogP contribution in [0.5, 0.6) is 5.75 Å². The Morgan fingerprint density at radius 3 is 2.52 bits per heavy atom. The molecule has 0 radical (unpaired) electrons. The molecule has 3 rings (SSSR count). The van der Waals surface area contributed by atoms with Crippen LogP contribution < -0.4 is 10.1 Å². The summed E-state index contributed by atoms with van der Waals surface area (Å²) in [5, 5.41) is 11.7. The van der Waals surface area contributed by atoms with E-state index in [0.717, 1.165) is 6.07 Å². The van der Waals surface area contributed by atoms with Crippen LogP contribution in [-0.2, 0) is 9.53 Å². The molecule has 0 saturated carbocycles. The minimum absolute atomic E-state index is 0.0881. The molecule has 142 valence electrons. The summed E-state index contributed by atoms with van der Waals surface area (Å²) in [5.74, 6) is -3.28. The van der Waals surface area contributed by atoms with Gasteiger partial charge in [0.1, 0.15) is 17.4 Å². The first kappa shape index (κ1) is 18.8. The Morgan fingerprint density at radius 2 is 1.96 bits per heavy atom. The summed E-state index contributed by atoms with van der Waals surface area (Å²) in [6.45, 7) is -0.00438. The number of rotatable bonds is 5. The van der Waals surface area contributed by atoms with E-state index >= 15 is 0 Å². The smallest absolute Gasteiger partial charge is 0.331 e. The molecule has 0 aliphatic carbocycles. The molecular formula is C19H17F2NO5. The molecule has 1 unspecified atom stereocenters. The fraction of sp³-hybridized carbons (Fsp3) is 0.263. The topological polar surface area (TPSA) is 84.9 Å². The van der Waals surface area contributed by atoms with E-state index in [2.05, 4.69) is 5.32 Å². The Labute approximate surface area is 153 Å². The van der Waals surface area contributed by atoms with Gasteiger partial charge in [0.25, 0.3) is 5.91 Å². The van der Waals surface area contributed by atoms with Crippen LogP contribution in [0.15, 0.2) is 36.4 Å². The Balaban J connectivity index is 1.86. The lowest BCUT2D eigenvalue weighted by atomic mass is 9.97. The Morgan fingerprint density at radius 1 is 1.19 bits per heavy atom. The van der Waals surface area contributed by atoms with Gasteiger partial charge in [-0.25, -0.2) is 13.6 Å². The van der Waals surface area contributed by atoms with Crippen LogP contribution in [0.25, 0.3) is 11.1 Å². The molecule has 1 saturated heterocycles. The first-order valence-corrected chi connectivity index (χ1v) is 8.13. The normalized spacial score (nSPS) is 18.9. The summed E-state index contributed by atoms with van der Waals surface area (Å²) >= 11 is 0. The molecule has 1 amide bonds. The third-order valence-electron chi connectivity index (χ3n) is 4.48. The van der Waals surface area contributed by atoms with Crippen LogP contribution in [0.2, 0.25) is 0 Å². The summed E-state index contributed by atoms with van der Waals surface area (Å²) < 4.78 is 38.6. The zero-order chi connectivity index (χ0) is 19.6. The molecule has 1 heterocycles. The lowest BCUT2D eigenvalue weighted by molar-refractivity contribution is -0.144. The Bertz CT molecular complexity index is 894. The van der Waals surface area contributed by atoms with Gasteiger partial charge in [-0.15, -0.1) is 0 Å². The van der Waals surface area contributed by atoms with E-state index in [1.807, 2.05) is 0 Å². The van der Waals surface area contributed by atoms with E-state index < -0.39 is 29.0 Å². The third-order valence-corrected chi connectivity index (χ3v) is 4.48. The molecule has 1 fully saturated rings. The van der Waals surface area contributed by atoms with Gasteiger partial charge in [0, 0.05) is 24.7 Å². The van der Waals surface area contributed by atoms with Crippen molar-refractivity contribution in [3.05, 3.63) is 53.6 Å². The monoisotopic (exact) mass is 377 g/mol. The summed E-state index contributed by atoms with van der Waals surface area (Å²) in [5.41, 5.74) is -1.53. The number of methoxy groups -OCH3 is 1.